The van der Waals surface area contributed by atoms with Gasteiger partial charge in [-0.15, -0.1) is 23.1 Å². The van der Waals surface area contributed by atoms with Gasteiger partial charge < -0.3 is 9.90 Å². The predicted molar refractivity (Wildman–Crippen MR) is 89.3 cm³/mol. The Morgan fingerprint density at radius 3 is 2.90 bits per heavy atom. The maximum Gasteiger partial charge on any atom is 0.131 e. The largest absolute Gasteiger partial charge is 0.549 e. The Morgan fingerprint density at radius 2 is 2.19 bits per heavy atom. The molecule has 0 atom stereocenters. The summed E-state index contributed by atoms with van der Waals surface area (Å²) in [4.78, 5) is 16.2. The van der Waals surface area contributed by atoms with Crippen molar-refractivity contribution in [2.24, 2.45) is 0 Å². The zero-order valence-corrected chi connectivity index (χ0v) is 13.3. The minimum atomic E-state index is -1.07. The molecule has 106 valence electrons. The first kappa shape index (κ1) is 14.3. The number of carbonyl (C=O) groups excluding carboxylic acids is 1. The third-order valence-electron chi connectivity index (χ3n) is 2.69. The van der Waals surface area contributed by atoms with Crippen LogP contribution in [0.2, 0.25) is 0 Å². The predicted octanol–water partition coefficient (Wildman–Crippen LogP) is 3.34. The second-order valence-corrected chi connectivity index (χ2v) is 7.04. The number of rotatable bonds is 5. The van der Waals surface area contributed by atoms with E-state index in [1.165, 1.54) is 11.8 Å². The van der Waals surface area contributed by atoms with Crippen molar-refractivity contribution in [1.29, 1.82) is 0 Å². The van der Waals surface area contributed by atoms with Crippen molar-refractivity contribution in [3.63, 3.8) is 0 Å². The molecule has 2 heterocycles. The fourth-order valence-electron chi connectivity index (χ4n) is 1.79. The van der Waals surface area contributed by atoms with Gasteiger partial charge in [0.05, 0.1) is 16.2 Å². The number of thiophene rings is 1. The number of fused-ring (bicyclic) bond motifs is 1. The summed E-state index contributed by atoms with van der Waals surface area (Å²) in [6.45, 7) is 0. The van der Waals surface area contributed by atoms with Crippen LogP contribution in [0.5, 0.6) is 0 Å². The van der Waals surface area contributed by atoms with Crippen LogP contribution >= 0.6 is 34.4 Å². The summed E-state index contributed by atoms with van der Waals surface area (Å²) >= 11 is 4.42. The maximum atomic E-state index is 10.7. The average molecular weight is 332 g/mol. The van der Waals surface area contributed by atoms with Gasteiger partial charge in [-0.25, -0.2) is 4.98 Å². The number of thioether (sulfide) groups is 1. The lowest BCUT2D eigenvalue weighted by atomic mass is 10.3. The number of benzene rings is 1. The Hall–Kier alpha value is -1.63. The number of para-hydroxylation sites is 1. The molecule has 0 saturated heterocycles. The molecular weight excluding hydrogens is 322 g/mol. The molecule has 0 amide bonds. The molecule has 0 aliphatic heterocycles. The van der Waals surface area contributed by atoms with E-state index in [0.29, 0.717) is 0 Å². The van der Waals surface area contributed by atoms with E-state index in [2.05, 4.69) is 4.98 Å². The highest BCUT2D eigenvalue weighted by Gasteiger charge is 2.10. The van der Waals surface area contributed by atoms with Crippen molar-refractivity contribution in [1.82, 2.24) is 4.98 Å². The van der Waals surface area contributed by atoms with Crippen molar-refractivity contribution >= 4 is 61.6 Å². The van der Waals surface area contributed by atoms with Gasteiger partial charge in [-0.2, -0.15) is 11.3 Å². The lowest BCUT2D eigenvalue weighted by Crippen LogP contribution is -2.24. The number of hydrogen-bond acceptors (Lipinski definition) is 6. The maximum absolute atomic E-state index is 10.7. The van der Waals surface area contributed by atoms with Gasteiger partial charge in [0.15, 0.2) is 0 Å². The van der Waals surface area contributed by atoms with Crippen LogP contribution < -0.4 is 5.11 Å². The van der Waals surface area contributed by atoms with Gasteiger partial charge in [0.1, 0.15) is 5.01 Å². The summed E-state index contributed by atoms with van der Waals surface area (Å²) in [5.41, 5.74) is 1.99. The summed E-state index contributed by atoms with van der Waals surface area (Å²) < 4.78 is 1.10. The first-order chi connectivity index (χ1) is 10.2. The summed E-state index contributed by atoms with van der Waals surface area (Å²) in [6.07, 6.45) is 1.97. The minimum Gasteiger partial charge on any atom is -0.549 e. The summed E-state index contributed by atoms with van der Waals surface area (Å²) in [6, 6.07) is 9.89. The van der Waals surface area contributed by atoms with E-state index in [9.17, 15) is 9.90 Å². The Morgan fingerprint density at radius 1 is 1.33 bits per heavy atom. The van der Waals surface area contributed by atoms with Gasteiger partial charge in [-0.3, -0.25) is 0 Å². The number of carbonyl (C=O) groups is 1. The first-order valence-corrected chi connectivity index (χ1v) is 8.89. The molecule has 0 radical (unpaired) electrons. The van der Waals surface area contributed by atoms with Crippen molar-refractivity contribution in [2.75, 3.05) is 5.75 Å². The van der Waals surface area contributed by atoms with Crippen LogP contribution in [0.1, 0.15) is 10.6 Å². The number of hydrogen-bond donors (Lipinski definition) is 0. The summed E-state index contributed by atoms with van der Waals surface area (Å²) in [7, 11) is 0. The van der Waals surface area contributed by atoms with Crippen molar-refractivity contribution in [2.45, 2.75) is 0 Å². The minimum absolute atomic E-state index is 0.0775. The Bertz CT molecular complexity index is 757. The van der Waals surface area contributed by atoms with Crippen LogP contribution in [0.3, 0.4) is 0 Å². The van der Waals surface area contributed by atoms with Gasteiger partial charge in [-0.1, -0.05) is 12.1 Å². The van der Waals surface area contributed by atoms with Gasteiger partial charge in [-0.05, 0) is 40.6 Å². The van der Waals surface area contributed by atoms with Crippen LogP contribution in [-0.2, 0) is 4.79 Å². The molecule has 3 aromatic rings. The molecule has 0 aliphatic rings. The zero-order chi connectivity index (χ0) is 14.7. The average Bonchev–Trinajstić information content (AvgIpc) is 3.11. The lowest BCUT2D eigenvalue weighted by Gasteiger charge is -2.04. The number of aromatic nitrogens is 1. The van der Waals surface area contributed by atoms with Gasteiger partial charge >= 0.3 is 0 Å². The van der Waals surface area contributed by atoms with Crippen LogP contribution in [0.25, 0.3) is 21.2 Å². The van der Waals surface area contributed by atoms with Crippen LogP contribution in [0.15, 0.2) is 41.1 Å². The molecule has 0 fully saturated rings. The molecule has 0 bridgehead atoms. The smallest absolute Gasteiger partial charge is 0.131 e. The molecule has 3 rings (SSSR count). The molecule has 0 N–H and O–H groups in total. The van der Waals surface area contributed by atoms with Gasteiger partial charge in [0.25, 0.3) is 0 Å². The Kier molecular flexibility index (Phi) is 4.38. The monoisotopic (exact) mass is 332 g/mol. The number of aliphatic carboxylic acids is 1. The van der Waals surface area contributed by atoms with Gasteiger partial charge in [0.2, 0.25) is 0 Å². The fourth-order valence-corrected chi connectivity index (χ4v) is 4.25. The van der Waals surface area contributed by atoms with E-state index >= 15 is 0 Å². The second-order valence-electron chi connectivity index (χ2n) is 4.21. The molecule has 0 aliphatic carbocycles. The SMILES string of the molecule is O=C([O-])CS/C(=C\c1ccsc1)c1nc2ccccc2s1. The summed E-state index contributed by atoms with van der Waals surface area (Å²) in [5.74, 6) is -1.15. The van der Waals surface area contributed by atoms with Crippen LogP contribution in [0, 0.1) is 0 Å². The molecule has 6 heteroatoms. The number of carboxylic acid groups (broad SMARTS) is 1. The normalized spacial score (nSPS) is 11.9. The van der Waals surface area contributed by atoms with E-state index in [1.807, 2.05) is 47.2 Å². The quantitative estimate of drug-likeness (QED) is 0.719. The third-order valence-corrected chi connectivity index (χ3v) is 5.59. The summed E-state index contributed by atoms with van der Waals surface area (Å²) in [5, 5.41) is 15.6. The van der Waals surface area contributed by atoms with E-state index in [1.54, 1.807) is 22.7 Å². The van der Waals surface area contributed by atoms with Gasteiger partial charge in [0, 0.05) is 10.7 Å². The molecule has 0 saturated carbocycles. The zero-order valence-electron chi connectivity index (χ0n) is 10.8. The highest BCUT2D eigenvalue weighted by atomic mass is 32.2. The highest BCUT2D eigenvalue weighted by Crippen LogP contribution is 2.35. The number of nitrogens with zero attached hydrogens (tertiary/aromatic N) is 1. The highest BCUT2D eigenvalue weighted by molar-refractivity contribution is 8.09. The van der Waals surface area contributed by atoms with E-state index in [4.69, 9.17) is 0 Å². The number of thiazole rings is 1. The third kappa shape index (κ3) is 3.53. The molecule has 2 aromatic heterocycles. The molecular formula is C15H10NO2S3-. The Balaban J connectivity index is 1.99. The topological polar surface area (TPSA) is 53.0 Å². The molecule has 1 aromatic carbocycles. The standard InChI is InChI=1S/C15H11NO2S3/c17-14(18)9-20-13(7-10-5-6-19-8-10)15-16-11-3-1-2-4-12(11)21-15/h1-8H,9H2,(H,17,18)/p-1/b13-7-. The van der Waals surface area contributed by atoms with E-state index < -0.39 is 5.97 Å². The van der Waals surface area contributed by atoms with E-state index in [-0.39, 0.29) is 5.75 Å². The van der Waals surface area contributed by atoms with E-state index in [0.717, 1.165) is 25.7 Å². The first-order valence-electron chi connectivity index (χ1n) is 6.15. The van der Waals surface area contributed by atoms with Crippen molar-refractivity contribution in [3.05, 3.63) is 51.7 Å². The number of carboxylic acids is 1. The van der Waals surface area contributed by atoms with Crippen molar-refractivity contribution in [3.8, 4) is 0 Å². The molecule has 0 unspecified atom stereocenters. The lowest BCUT2D eigenvalue weighted by molar-refractivity contribution is -0.301. The molecule has 3 nitrogen and oxygen atoms in total. The Labute approximate surface area is 134 Å². The molecule has 21 heavy (non-hydrogen) atoms. The second kappa shape index (κ2) is 6.43. The van der Waals surface area contributed by atoms with Crippen molar-refractivity contribution < 1.29 is 9.90 Å². The molecule has 0 spiro atoms. The van der Waals surface area contributed by atoms with Crippen LogP contribution in [0.4, 0.5) is 0 Å². The van der Waals surface area contributed by atoms with Crippen LogP contribution in [-0.4, -0.2) is 16.7 Å². The fraction of sp³-hybridized carbons (Fsp3) is 0.0667.